The van der Waals surface area contributed by atoms with E-state index in [0.717, 1.165) is 4.90 Å². The number of hydrogen-bond acceptors (Lipinski definition) is 6. The lowest BCUT2D eigenvalue weighted by Gasteiger charge is -2.24. The molecule has 0 aromatic carbocycles. The summed E-state index contributed by atoms with van der Waals surface area (Å²) in [5, 5.41) is 11.6. The third kappa shape index (κ3) is 3.07. The summed E-state index contributed by atoms with van der Waals surface area (Å²) in [6.07, 6.45) is -3.08. The van der Waals surface area contributed by atoms with Crippen molar-refractivity contribution in [2.24, 2.45) is 0 Å². The van der Waals surface area contributed by atoms with Crippen LogP contribution in [0.15, 0.2) is 6.33 Å². The molecule has 0 atom stereocenters. The summed E-state index contributed by atoms with van der Waals surface area (Å²) in [5.41, 5.74) is 0.547. The average molecular weight is 290 g/mol. The fraction of sp³-hybridized carbons (Fsp3) is 0.500. The first-order chi connectivity index (χ1) is 9.44. The van der Waals surface area contributed by atoms with E-state index in [1.807, 2.05) is 0 Å². The van der Waals surface area contributed by atoms with E-state index < -0.39 is 19.3 Å². The predicted molar refractivity (Wildman–Crippen MR) is 66.6 cm³/mol. The van der Waals surface area contributed by atoms with Crippen LogP contribution in [-0.2, 0) is 0 Å². The molecule has 0 amide bonds. The number of aliphatic hydroxyl groups excluding tert-OH is 1. The van der Waals surface area contributed by atoms with E-state index in [4.69, 9.17) is 5.11 Å². The number of H-pyrrole nitrogens is 1. The first kappa shape index (κ1) is 14.3. The third-order valence-electron chi connectivity index (χ3n) is 2.53. The molecule has 2 aromatic heterocycles. The standard InChI is InChI=1S/C10H13F3N6O/c1-14-9-17-7-6(15-5-16-7)8(18-9)19(2-3-20)4-10(11,12)13/h5,20H,2-4H2,1H3,(H2,14,15,16,17,18). The van der Waals surface area contributed by atoms with Gasteiger partial charge in [0, 0.05) is 13.6 Å². The minimum atomic E-state index is -4.41. The number of aromatic nitrogens is 4. The van der Waals surface area contributed by atoms with E-state index in [9.17, 15) is 13.2 Å². The van der Waals surface area contributed by atoms with Crippen LogP contribution in [-0.4, -0.2) is 58.0 Å². The van der Waals surface area contributed by atoms with E-state index in [2.05, 4.69) is 25.3 Å². The van der Waals surface area contributed by atoms with Crippen molar-refractivity contribution in [3.8, 4) is 0 Å². The van der Waals surface area contributed by atoms with Crippen LogP contribution in [0.2, 0.25) is 0 Å². The molecule has 7 nitrogen and oxygen atoms in total. The molecule has 0 radical (unpaired) electrons. The monoisotopic (exact) mass is 290 g/mol. The number of aromatic amines is 1. The number of hydrogen-bond donors (Lipinski definition) is 3. The van der Waals surface area contributed by atoms with Gasteiger partial charge in [-0.2, -0.15) is 23.1 Å². The van der Waals surface area contributed by atoms with E-state index in [1.54, 1.807) is 7.05 Å². The fourth-order valence-electron chi connectivity index (χ4n) is 1.76. The molecule has 0 aliphatic rings. The molecule has 2 heterocycles. The zero-order chi connectivity index (χ0) is 14.8. The van der Waals surface area contributed by atoms with Crippen molar-refractivity contribution in [2.75, 3.05) is 37.0 Å². The van der Waals surface area contributed by atoms with Crippen molar-refractivity contribution in [1.29, 1.82) is 0 Å². The molecule has 110 valence electrons. The molecule has 0 saturated carbocycles. The van der Waals surface area contributed by atoms with Gasteiger partial charge in [-0.3, -0.25) is 0 Å². The minimum absolute atomic E-state index is 0.0447. The molecular formula is C10H13F3N6O. The second-order valence-corrected chi connectivity index (χ2v) is 3.98. The van der Waals surface area contributed by atoms with Gasteiger partial charge in [0.1, 0.15) is 12.1 Å². The summed E-state index contributed by atoms with van der Waals surface area (Å²) in [6.45, 7) is -1.85. The molecule has 0 bridgehead atoms. The number of nitrogens with zero attached hydrogens (tertiary/aromatic N) is 4. The number of fused-ring (bicyclic) bond motifs is 1. The number of rotatable bonds is 5. The van der Waals surface area contributed by atoms with Crippen molar-refractivity contribution in [3.63, 3.8) is 0 Å². The minimum Gasteiger partial charge on any atom is -0.395 e. The van der Waals surface area contributed by atoms with Crippen LogP contribution in [0.5, 0.6) is 0 Å². The van der Waals surface area contributed by atoms with Crippen LogP contribution in [0, 0.1) is 0 Å². The number of nitrogens with one attached hydrogen (secondary N) is 2. The van der Waals surface area contributed by atoms with Gasteiger partial charge in [-0.25, -0.2) is 4.98 Å². The Balaban J connectivity index is 2.48. The highest BCUT2D eigenvalue weighted by Crippen LogP contribution is 2.26. The average Bonchev–Trinajstić information content (AvgIpc) is 2.83. The maximum Gasteiger partial charge on any atom is 0.405 e. The largest absolute Gasteiger partial charge is 0.405 e. The Morgan fingerprint density at radius 3 is 2.75 bits per heavy atom. The van der Waals surface area contributed by atoms with Crippen molar-refractivity contribution in [3.05, 3.63) is 6.33 Å². The summed E-state index contributed by atoms with van der Waals surface area (Å²) in [5.74, 6) is 0.202. The first-order valence-corrected chi connectivity index (χ1v) is 5.76. The Hall–Kier alpha value is -2.10. The Bertz CT molecular complexity index is 584. The van der Waals surface area contributed by atoms with Gasteiger partial charge in [0.2, 0.25) is 5.95 Å². The lowest BCUT2D eigenvalue weighted by molar-refractivity contribution is -0.119. The highest BCUT2D eigenvalue weighted by Gasteiger charge is 2.32. The predicted octanol–water partition coefficient (Wildman–Crippen LogP) is 0.756. The zero-order valence-corrected chi connectivity index (χ0v) is 10.6. The van der Waals surface area contributed by atoms with Gasteiger partial charge in [0.05, 0.1) is 12.9 Å². The van der Waals surface area contributed by atoms with Crippen LogP contribution in [0.3, 0.4) is 0 Å². The van der Waals surface area contributed by atoms with Crippen LogP contribution in [0.25, 0.3) is 11.2 Å². The Morgan fingerprint density at radius 2 is 2.15 bits per heavy atom. The fourth-order valence-corrected chi connectivity index (χ4v) is 1.76. The van der Waals surface area contributed by atoms with Crippen molar-refractivity contribution < 1.29 is 18.3 Å². The van der Waals surface area contributed by atoms with Crippen molar-refractivity contribution in [2.45, 2.75) is 6.18 Å². The highest BCUT2D eigenvalue weighted by atomic mass is 19.4. The number of anilines is 2. The summed E-state index contributed by atoms with van der Waals surface area (Å²) in [7, 11) is 1.55. The summed E-state index contributed by atoms with van der Waals surface area (Å²) in [6, 6.07) is 0. The molecular weight excluding hydrogens is 277 g/mol. The lowest BCUT2D eigenvalue weighted by Crippen LogP contribution is -2.37. The zero-order valence-electron chi connectivity index (χ0n) is 10.6. The van der Waals surface area contributed by atoms with Gasteiger partial charge in [0.25, 0.3) is 0 Å². The van der Waals surface area contributed by atoms with Gasteiger partial charge >= 0.3 is 6.18 Å². The van der Waals surface area contributed by atoms with E-state index in [-0.39, 0.29) is 24.0 Å². The van der Waals surface area contributed by atoms with E-state index in [1.165, 1.54) is 6.33 Å². The normalized spacial score (nSPS) is 11.8. The molecule has 0 fully saturated rings. The Kier molecular flexibility index (Phi) is 3.93. The second-order valence-electron chi connectivity index (χ2n) is 3.98. The molecule has 0 saturated heterocycles. The van der Waals surface area contributed by atoms with Gasteiger partial charge < -0.3 is 20.3 Å². The smallest absolute Gasteiger partial charge is 0.395 e. The molecule has 0 unspecified atom stereocenters. The molecule has 0 aliphatic heterocycles. The topological polar surface area (TPSA) is 90.0 Å². The van der Waals surface area contributed by atoms with Crippen molar-refractivity contribution in [1.82, 2.24) is 19.9 Å². The SMILES string of the molecule is CNc1nc(N(CCO)CC(F)(F)F)c2[nH]cnc2n1. The van der Waals surface area contributed by atoms with Crippen LogP contribution in [0.4, 0.5) is 24.9 Å². The number of aliphatic hydroxyl groups is 1. The van der Waals surface area contributed by atoms with E-state index in [0.29, 0.717) is 5.52 Å². The summed E-state index contributed by atoms with van der Waals surface area (Å²) >= 11 is 0. The van der Waals surface area contributed by atoms with Gasteiger partial charge in [-0.1, -0.05) is 0 Å². The molecule has 10 heteroatoms. The second kappa shape index (κ2) is 5.49. The Morgan fingerprint density at radius 1 is 1.40 bits per heavy atom. The van der Waals surface area contributed by atoms with E-state index >= 15 is 0 Å². The molecule has 2 rings (SSSR count). The third-order valence-corrected chi connectivity index (χ3v) is 2.53. The molecule has 0 aliphatic carbocycles. The van der Waals surface area contributed by atoms with Gasteiger partial charge in [-0.15, -0.1) is 0 Å². The molecule has 0 spiro atoms. The number of imidazole rings is 1. The molecule has 2 aromatic rings. The quantitative estimate of drug-likeness (QED) is 0.753. The summed E-state index contributed by atoms with van der Waals surface area (Å²) < 4.78 is 37.8. The maximum absolute atomic E-state index is 12.6. The van der Waals surface area contributed by atoms with Crippen LogP contribution in [0.1, 0.15) is 0 Å². The molecule has 20 heavy (non-hydrogen) atoms. The highest BCUT2D eigenvalue weighted by molar-refractivity contribution is 5.84. The lowest BCUT2D eigenvalue weighted by atomic mass is 10.4. The first-order valence-electron chi connectivity index (χ1n) is 5.76. The van der Waals surface area contributed by atoms with Crippen LogP contribution < -0.4 is 10.2 Å². The Labute approximate surface area is 111 Å². The number of alkyl halides is 3. The summed E-state index contributed by atoms with van der Waals surface area (Å²) in [4.78, 5) is 15.6. The van der Waals surface area contributed by atoms with Crippen molar-refractivity contribution >= 4 is 22.9 Å². The molecule has 3 N–H and O–H groups in total. The van der Waals surface area contributed by atoms with Gasteiger partial charge in [-0.05, 0) is 0 Å². The maximum atomic E-state index is 12.6. The van der Waals surface area contributed by atoms with Gasteiger partial charge in [0.15, 0.2) is 11.5 Å². The number of halogens is 3. The van der Waals surface area contributed by atoms with Crippen LogP contribution >= 0.6 is 0 Å².